The molecule has 0 saturated carbocycles. The molecule has 1 amide bonds. The number of unbranched alkanes of at least 4 members (excludes halogenated alkanes) is 6. The molecule has 0 unspecified atom stereocenters. The Kier molecular flexibility index (Phi) is 12.5. The molecule has 0 atom stereocenters. The molecule has 0 bridgehead atoms. The van der Waals surface area contributed by atoms with Crippen LogP contribution in [0.25, 0.3) is 0 Å². The van der Waals surface area contributed by atoms with Gasteiger partial charge in [0, 0.05) is 31.3 Å². The van der Waals surface area contributed by atoms with E-state index in [-0.39, 0.29) is 29.5 Å². The standard InChI is InChI=1S/C27H36N2O6/c1-22(31)27-24(29(33)34)16-13-17-25(27)35-21-12-5-2-9-18-26(32)28(19-10-3-4-11-20-30)23-14-7-6-8-15-23/h6-8,13-17,30H,2-5,9-12,18-21H2,1H3. The maximum absolute atomic E-state index is 12.9. The third-order valence-electron chi connectivity index (χ3n) is 5.75. The molecule has 0 aliphatic heterocycles. The fraction of sp³-hybridized carbons (Fsp3) is 0.481. The number of hydrogen-bond acceptors (Lipinski definition) is 6. The van der Waals surface area contributed by atoms with Crippen LogP contribution in [0.4, 0.5) is 11.4 Å². The molecule has 0 aliphatic rings. The summed E-state index contributed by atoms with van der Waals surface area (Å²) in [5.41, 5.74) is 0.664. The molecule has 8 heteroatoms. The number of aliphatic hydroxyl groups excluding tert-OH is 1. The fourth-order valence-corrected chi connectivity index (χ4v) is 3.94. The predicted molar refractivity (Wildman–Crippen MR) is 136 cm³/mol. The molecule has 190 valence electrons. The maximum atomic E-state index is 12.9. The Bertz CT molecular complexity index is 948. The van der Waals surface area contributed by atoms with Gasteiger partial charge in [0.15, 0.2) is 5.78 Å². The highest BCUT2D eigenvalue weighted by Crippen LogP contribution is 2.29. The van der Waals surface area contributed by atoms with Crippen molar-refractivity contribution in [2.24, 2.45) is 0 Å². The van der Waals surface area contributed by atoms with E-state index in [1.807, 2.05) is 35.2 Å². The van der Waals surface area contributed by atoms with Crippen molar-refractivity contribution in [3.05, 3.63) is 64.2 Å². The second-order valence-electron chi connectivity index (χ2n) is 8.49. The van der Waals surface area contributed by atoms with E-state index in [1.54, 1.807) is 6.07 Å². The topological polar surface area (TPSA) is 110 Å². The molecule has 35 heavy (non-hydrogen) atoms. The van der Waals surface area contributed by atoms with E-state index in [4.69, 9.17) is 9.84 Å². The van der Waals surface area contributed by atoms with Crippen molar-refractivity contribution in [3.8, 4) is 5.75 Å². The van der Waals surface area contributed by atoms with Crippen molar-refractivity contribution < 1.29 is 24.4 Å². The minimum atomic E-state index is -0.575. The van der Waals surface area contributed by atoms with Gasteiger partial charge >= 0.3 is 0 Å². The summed E-state index contributed by atoms with van der Waals surface area (Å²) in [6.07, 6.45) is 7.30. The number of rotatable bonds is 17. The highest BCUT2D eigenvalue weighted by atomic mass is 16.6. The summed E-state index contributed by atoms with van der Waals surface area (Å²) in [5.74, 6) is -0.0566. The van der Waals surface area contributed by atoms with Crippen LogP contribution in [0.3, 0.4) is 0 Å². The first-order valence-electron chi connectivity index (χ1n) is 12.3. The normalized spacial score (nSPS) is 10.7. The average Bonchev–Trinajstić information content (AvgIpc) is 2.85. The molecule has 0 aliphatic carbocycles. The van der Waals surface area contributed by atoms with E-state index >= 15 is 0 Å². The number of nitrogens with zero attached hydrogens (tertiary/aromatic N) is 2. The molecule has 1 N–H and O–H groups in total. The van der Waals surface area contributed by atoms with Crippen LogP contribution in [0.1, 0.15) is 75.1 Å². The van der Waals surface area contributed by atoms with Gasteiger partial charge in [-0.25, -0.2) is 0 Å². The number of hydrogen-bond donors (Lipinski definition) is 1. The van der Waals surface area contributed by atoms with Gasteiger partial charge < -0.3 is 14.7 Å². The molecular formula is C27H36N2O6. The summed E-state index contributed by atoms with van der Waals surface area (Å²) < 4.78 is 5.67. The molecule has 0 heterocycles. The first kappa shape index (κ1) is 28.0. The number of aliphatic hydroxyl groups is 1. The van der Waals surface area contributed by atoms with Crippen molar-refractivity contribution >= 4 is 23.1 Å². The maximum Gasteiger partial charge on any atom is 0.283 e. The summed E-state index contributed by atoms with van der Waals surface area (Å²) in [7, 11) is 0. The quantitative estimate of drug-likeness (QED) is 0.133. The minimum absolute atomic E-state index is 0.000427. The van der Waals surface area contributed by atoms with Crippen LogP contribution in [0.2, 0.25) is 0 Å². The number of Topliss-reactive ketones (excluding diaryl/α,β-unsaturated/α-hetero) is 1. The average molecular weight is 485 g/mol. The van der Waals surface area contributed by atoms with Gasteiger partial charge in [0.1, 0.15) is 11.3 Å². The molecule has 8 nitrogen and oxygen atoms in total. The second kappa shape index (κ2) is 15.6. The molecular weight excluding hydrogens is 448 g/mol. The summed E-state index contributed by atoms with van der Waals surface area (Å²) in [5, 5.41) is 20.1. The molecule has 0 spiro atoms. The highest BCUT2D eigenvalue weighted by Gasteiger charge is 2.22. The number of ether oxygens (including phenoxy) is 1. The fourth-order valence-electron chi connectivity index (χ4n) is 3.94. The van der Waals surface area contributed by atoms with Crippen LogP contribution < -0.4 is 9.64 Å². The number of ketones is 1. The zero-order chi connectivity index (χ0) is 25.5. The van der Waals surface area contributed by atoms with Crippen LogP contribution >= 0.6 is 0 Å². The number of para-hydroxylation sites is 1. The monoisotopic (exact) mass is 484 g/mol. The number of carbonyl (C=O) groups excluding carboxylic acids is 2. The molecule has 2 aromatic rings. The summed E-state index contributed by atoms with van der Waals surface area (Å²) in [4.78, 5) is 37.2. The van der Waals surface area contributed by atoms with Gasteiger partial charge in [-0.05, 0) is 50.8 Å². The van der Waals surface area contributed by atoms with Crippen LogP contribution in [0, 0.1) is 10.1 Å². The zero-order valence-corrected chi connectivity index (χ0v) is 20.5. The Labute approximate surface area is 207 Å². The second-order valence-corrected chi connectivity index (χ2v) is 8.49. The Morgan fingerprint density at radius 3 is 2.29 bits per heavy atom. The van der Waals surface area contributed by atoms with Gasteiger partial charge in [0.05, 0.1) is 11.5 Å². The smallest absolute Gasteiger partial charge is 0.283 e. The van der Waals surface area contributed by atoms with Gasteiger partial charge in [-0.15, -0.1) is 0 Å². The van der Waals surface area contributed by atoms with Gasteiger partial charge in [-0.3, -0.25) is 19.7 Å². The minimum Gasteiger partial charge on any atom is -0.493 e. The zero-order valence-electron chi connectivity index (χ0n) is 20.5. The van der Waals surface area contributed by atoms with Crippen LogP contribution in [0.15, 0.2) is 48.5 Å². The van der Waals surface area contributed by atoms with Gasteiger partial charge in [-0.1, -0.05) is 49.9 Å². The lowest BCUT2D eigenvalue weighted by Crippen LogP contribution is -2.31. The third kappa shape index (κ3) is 9.48. The van der Waals surface area contributed by atoms with Crippen LogP contribution in [0.5, 0.6) is 5.75 Å². The Balaban J connectivity index is 1.76. The van der Waals surface area contributed by atoms with E-state index in [1.165, 1.54) is 19.1 Å². The van der Waals surface area contributed by atoms with Crippen LogP contribution in [-0.2, 0) is 4.79 Å². The van der Waals surface area contributed by atoms with Crippen molar-refractivity contribution in [1.82, 2.24) is 0 Å². The lowest BCUT2D eigenvalue weighted by molar-refractivity contribution is -0.385. The van der Waals surface area contributed by atoms with Gasteiger partial charge in [-0.2, -0.15) is 0 Å². The van der Waals surface area contributed by atoms with E-state index in [0.29, 0.717) is 19.6 Å². The lowest BCUT2D eigenvalue weighted by Gasteiger charge is -2.23. The summed E-state index contributed by atoms with van der Waals surface area (Å²) >= 11 is 0. The largest absolute Gasteiger partial charge is 0.493 e. The van der Waals surface area contributed by atoms with Crippen molar-refractivity contribution in [1.29, 1.82) is 0 Å². The molecule has 0 radical (unpaired) electrons. The molecule has 0 aromatic heterocycles. The SMILES string of the molecule is CC(=O)c1c(OCCCCCCC(=O)N(CCCCCCO)c2ccccc2)cccc1[N+](=O)[O-]. The van der Waals surface area contributed by atoms with Crippen molar-refractivity contribution in [2.45, 2.75) is 64.7 Å². The first-order chi connectivity index (χ1) is 17.0. The molecule has 2 aromatic carbocycles. The highest BCUT2D eigenvalue weighted by molar-refractivity contribution is 6.00. The van der Waals surface area contributed by atoms with E-state index < -0.39 is 10.7 Å². The van der Waals surface area contributed by atoms with E-state index in [9.17, 15) is 19.7 Å². The molecule has 0 saturated heterocycles. The van der Waals surface area contributed by atoms with Crippen molar-refractivity contribution in [3.63, 3.8) is 0 Å². The number of anilines is 1. The number of nitro benzene ring substituents is 1. The Hall–Kier alpha value is -3.26. The van der Waals surface area contributed by atoms with Gasteiger partial charge in [0.25, 0.3) is 5.69 Å². The Morgan fingerprint density at radius 2 is 1.60 bits per heavy atom. The van der Waals surface area contributed by atoms with E-state index in [0.717, 1.165) is 57.1 Å². The number of amides is 1. The van der Waals surface area contributed by atoms with Crippen LogP contribution in [-0.4, -0.2) is 41.5 Å². The first-order valence-corrected chi connectivity index (χ1v) is 12.3. The number of carbonyl (C=O) groups is 2. The summed E-state index contributed by atoms with van der Waals surface area (Å²) in [6.45, 7) is 2.51. The lowest BCUT2D eigenvalue weighted by atomic mass is 10.1. The van der Waals surface area contributed by atoms with E-state index in [2.05, 4.69) is 0 Å². The predicted octanol–water partition coefficient (Wildman–Crippen LogP) is 5.71. The van der Waals surface area contributed by atoms with Crippen molar-refractivity contribution in [2.75, 3.05) is 24.7 Å². The number of benzene rings is 2. The number of nitro groups is 1. The Morgan fingerprint density at radius 1 is 0.914 bits per heavy atom. The summed E-state index contributed by atoms with van der Waals surface area (Å²) in [6, 6.07) is 14.1. The molecule has 2 rings (SSSR count). The third-order valence-corrected chi connectivity index (χ3v) is 5.75. The van der Waals surface area contributed by atoms with Gasteiger partial charge in [0.2, 0.25) is 5.91 Å². The molecule has 0 fully saturated rings.